The van der Waals surface area contributed by atoms with Crippen LogP contribution in [0.1, 0.15) is 77.6 Å². The van der Waals surface area contributed by atoms with Gasteiger partial charge in [-0.05, 0) is 37.3 Å². The Morgan fingerprint density at radius 2 is 1.85 bits per heavy atom. The van der Waals surface area contributed by atoms with Gasteiger partial charge < -0.3 is 30.0 Å². The molecule has 11 nitrogen and oxygen atoms in total. The van der Waals surface area contributed by atoms with Crippen LogP contribution in [0.4, 0.5) is 5.69 Å². The lowest BCUT2D eigenvalue weighted by Crippen LogP contribution is -2.49. The first-order chi connectivity index (χ1) is 18.3. The third-order valence-corrected chi connectivity index (χ3v) is 6.59. The van der Waals surface area contributed by atoms with Gasteiger partial charge in [-0.3, -0.25) is 19.2 Å². The maximum absolute atomic E-state index is 13.2. The molecule has 0 spiro atoms. The van der Waals surface area contributed by atoms with Crippen molar-refractivity contribution in [3.8, 4) is 5.75 Å². The van der Waals surface area contributed by atoms with Gasteiger partial charge >= 0.3 is 17.9 Å². The Morgan fingerprint density at radius 3 is 2.46 bits per heavy atom. The zero-order valence-corrected chi connectivity index (χ0v) is 23.4. The highest BCUT2D eigenvalue weighted by molar-refractivity contribution is 6.02. The fourth-order valence-electron chi connectivity index (χ4n) is 4.04. The second-order valence-electron chi connectivity index (χ2n) is 10.4. The van der Waals surface area contributed by atoms with E-state index in [-0.39, 0.29) is 36.1 Å². The van der Waals surface area contributed by atoms with Gasteiger partial charge in [0.05, 0.1) is 17.2 Å². The molecule has 1 fully saturated rings. The Balaban J connectivity index is 2.29. The predicted molar refractivity (Wildman–Crippen MR) is 142 cm³/mol. The lowest BCUT2D eigenvalue weighted by molar-refractivity contribution is -0.168. The topological polar surface area (TPSA) is 157 Å². The summed E-state index contributed by atoms with van der Waals surface area (Å²) >= 11 is 0. The van der Waals surface area contributed by atoms with Gasteiger partial charge in [0, 0.05) is 13.3 Å². The van der Waals surface area contributed by atoms with E-state index in [9.17, 15) is 29.1 Å². The van der Waals surface area contributed by atoms with E-state index < -0.39 is 59.6 Å². The van der Waals surface area contributed by atoms with E-state index in [2.05, 4.69) is 10.6 Å². The Hall–Kier alpha value is -3.63. The van der Waals surface area contributed by atoms with Crippen LogP contribution in [0.5, 0.6) is 5.75 Å². The number of anilines is 1. The number of amides is 2. The normalized spacial score (nSPS) is 22.4. The monoisotopic (exact) mass is 548 g/mol. The van der Waals surface area contributed by atoms with Crippen molar-refractivity contribution in [1.29, 1.82) is 0 Å². The summed E-state index contributed by atoms with van der Waals surface area (Å²) in [5, 5.41) is 15.3. The van der Waals surface area contributed by atoms with Crippen molar-refractivity contribution in [2.24, 2.45) is 17.8 Å². The van der Waals surface area contributed by atoms with Crippen LogP contribution in [0.25, 0.3) is 0 Å². The number of para-hydroxylation sites is 1. The minimum atomic E-state index is -1.41. The number of benzene rings is 1. The van der Waals surface area contributed by atoms with Crippen LogP contribution in [-0.4, -0.2) is 59.7 Å². The maximum atomic E-state index is 13.2. The number of carbonyl (C=O) groups excluding carboxylic acids is 5. The zero-order chi connectivity index (χ0) is 29.3. The molecule has 1 aromatic rings. The number of cyclic esters (lactones) is 2. The first kappa shape index (κ1) is 31.6. The maximum Gasteiger partial charge on any atom is 0.332 e. The molecule has 1 saturated heterocycles. The standard InChI is InChI=1S/C28H40N2O9/c1-7-16(4)13-23(32)39-22-14-37-28(36)24(17(5)38-27(35)19(22)12-11-15(2)3)30-26(34)20-9-8-10-21(25(20)33)29-18(6)31/h8-10,15-17,19,22,24,33H,7,11-14H2,1-6H3,(H,29,31)(H,30,34)/t16?,17-,19-,22+,24+/m1/s1. The summed E-state index contributed by atoms with van der Waals surface area (Å²) < 4.78 is 16.7. The molecule has 0 saturated carbocycles. The first-order valence-corrected chi connectivity index (χ1v) is 13.3. The molecule has 216 valence electrons. The molecule has 1 heterocycles. The zero-order valence-electron chi connectivity index (χ0n) is 23.4. The first-order valence-electron chi connectivity index (χ1n) is 13.3. The molecule has 1 aliphatic rings. The van der Waals surface area contributed by atoms with Crippen LogP contribution in [-0.2, 0) is 33.4 Å². The van der Waals surface area contributed by atoms with E-state index in [0.717, 1.165) is 6.42 Å². The third kappa shape index (κ3) is 9.26. The van der Waals surface area contributed by atoms with Gasteiger partial charge in [0.2, 0.25) is 5.91 Å². The van der Waals surface area contributed by atoms with Crippen LogP contribution in [0, 0.1) is 17.8 Å². The van der Waals surface area contributed by atoms with Gasteiger partial charge in [-0.25, -0.2) is 4.79 Å². The number of nitrogens with one attached hydrogen (secondary N) is 2. The van der Waals surface area contributed by atoms with Gasteiger partial charge in [-0.1, -0.05) is 46.6 Å². The van der Waals surface area contributed by atoms with Crippen molar-refractivity contribution in [2.45, 2.75) is 85.5 Å². The van der Waals surface area contributed by atoms with Gasteiger partial charge in [0.1, 0.15) is 18.8 Å². The summed E-state index contributed by atoms with van der Waals surface area (Å²) in [6, 6.07) is 2.75. The molecule has 0 bridgehead atoms. The summed E-state index contributed by atoms with van der Waals surface area (Å²) in [6.07, 6.45) is -0.254. The number of phenols is 1. The van der Waals surface area contributed by atoms with Crippen LogP contribution < -0.4 is 10.6 Å². The number of hydrogen-bond donors (Lipinski definition) is 3. The van der Waals surface area contributed by atoms with Crippen molar-refractivity contribution in [3.63, 3.8) is 0 Å². The molecule has 5 atom stereocenters. The highest BCUT2D eigenvalue weighted by Gasteiger charge is 2.41. The molecule has 1 aliphatic heterocycles. The van der Waals surface area contributed by atoms with E-state index in [4.69, 9.17) is 14.2 Å². The van der Waals surface area contributed by atoms with Crippen molar-refractivity contribution < 1.29 is 43.3 Å². The number of hydrogen-bond acceptors (Lipinski definition) is 9. The van der Waals surface area contributed by atoms with Crippen molar-refractivity contribution in [2.75, 3.05) is 11.9 Å². The highest BCUT2D eigenvalue weighted by Crippen LogP contribution is 2.28. The molecular formula is C28H40N2O9. The van der Waals surface area contributed by atoms with Crippen LogP contribution in [0.3, 0.4) is 0 Å². The number of rotatable bonds is 10. The number of aromatic hydroxyl groups is 1. The summed E-state index contributed by atoms with van der Waals surface area (Å²) in [4.78, 5) is 63.3. The highest BCUT2D eigenvalue weighted by atomic mass is 16.6. The van der Waals surface area contributed by atoms with Gasteiger partial charge in [0.25, 0.3) is 5.91 Å². The lowest BCUT2D eigenvalue weighted by atomic mass is 9.93. The largest absolute Gasteiger partial charge is 0.505 e. The van der Waals surface area contributed by atoms with E-state index >= 15 is 0 Å². The predicted octanol–water partition coefficient (Wildman–Crippen LogP) is 3.34. The smallest absolute Gasteiger partial charge is 0.332 e. The molecule has 1 aromatic carbocycles. The molecule has 11 heteroatoms. The minimum absolute atomic E-state index is 0.0155. The molecular weight excluding hydrogens is 508 g/mol. The average molecular weight is 549 g/mol. The molecule has 1 unspecified atom stereocenters. The molecule has 0 aliphatic carbocycles. The quantitative estimate of drug-likeness (QED) is 0.227. The Labute approximate surface area is 228 Å². The summed E-state index contributed by atoms with van der Waals surface area (Å²) in [7, 11) is 0. The Morgan fingerprint density at radius 1 is 1.15 bits per heavy atom. The van der Waals surface area contributed by atoms with Crippen LogP contribution >= 0.6 is 0 Å². The van der Waals surface area contributed by atoms with Crippen molar-refractivity contribution in [3.05, 3.63) is 23.8 Å². The van der Waals surface area contributed by atoms with Gasteiger partial charge in [0.15, 0.2) is 11.8 Å². The SMILES string of the molecule is CCC(C)CC(=O)O[C@H]1COC(=O)[C@@H](NC(=O)c2cccc(NC(C)=O)c2O)[C@@H](C)OC(=O)[C@@H]1CCC(C)C. The molecule has 39 heavy (non-hydrogen) atoms. The number of esters is 3. The lowest BCUT2D eigenvalue weighted by Gasteiger charge is -2.26. The second-order valence-corrected chi connectivity index (χ2v) is 10.4. The van der Waals surface area contributed by atoms with E-state index in [1.807, 2.05) is 27.7 Å². The van der Waals surface area contributed by atoms with E-state index in [1.54, 1.807) is 0 Å². The molecule has 2 amide bonds. The summed E-state index contributed by atoms with van der Waals surface area (Å²) in [5.74, 6) is -4.38. The number of ether oxygens (including phenoxy) is 3. The summed E-state index contributed by atoms with van der Waals surface area (Å²) in [6.45, 7) is 10.2. The van der Waals surface area contributed by atoms with Gasteiger partial charge in [-0.2, -0.15) is 0 Å². The molecule has 0 aromatic heterocycles. The van der Waals surface area contributed by atoms with E-state index in [0.29, 0.717) is 12.8 Å². The third-order valence-electron chi connectivity index (χ3n) is 6.59. The number of carbonyl (C=O) groups is 5. The van der Waals surface area contributed by atoms with Crippen LogP contribution in [0.2, 0.25) is 0 Å². The Bertz CT molecular complexity index is 1060. The molecule has 0 radical (unpaired) electrons. The molecule has 2 rings (SSSR count). The van der Waals surface area contributed by atoms with Crippen molar-refractivity contribution in [1.82, 2.24) is 5.32 Å². The minimum Gasteiger partial charge on any atom is -0.505 e. The van der Waals surface area contributed by atoms with Crippen LogP contribution in [0.15, 0.2) is 18.2 Å². The fraction of sp³-hybridized carbons (Fsp3) is 0.607. The molecule has 3 N–H and O–H groups in total. The Kier molecular flexibility index (Phi) is 11.7. The van der Waals surface area contributed by atoms with Gasteiger partial charge in [-0.15, -0.1) is 0 Å². The van der Waals surface area contributed by atoms with E-state index in [1.165, 1.54) is 32.0 Å². The summed E-state index contributed by atoms with van der Waals surface area (Å²) in [5.41, 5.74) is -0.194. The number of phenolic OH excluding ortho intramolecular Hbond substituents is 1. The average Bonchev–Trinajstić information content (AvgIpc) is 2.88. The fourth-order valence-corrected chi connectivity index (χ4v) is 4.04. The second kappa shape index (κ2) is 14.5. The van der Waals surface area contributed by atoms with Crippen molar-refractivity contribution >= 4 is 35.4 Å².